The van der Waals surface area contributed by atoms with Crippen molar-refractivity contribution in [2.24, 2.45) is 5.73 Å². The van der Waals surface area contributed by atoms with Gasteiger partial charge in [-0.3, -0.25) is 14.4 Å². The number of nitrogens with zero attached hydrogens (tertiary/aromatic N) is 3. The molecule has 0 radical (unpaired) electrons. The molecule has 2 fully saturated rings. The van der Waals surface area contributed by atoms with E-state index in [1.807, 2.05) is 12.1 Å². The van der Waals surface area contributed by atoms with Crippen molar-refractivity contribution in [2.45, 2.75) is 19.1 Å². The third kappa shape index (κ3) is 9.84. The monoisotopic (exact) mass is 730 g/mol. The van der Waals surface area contributed by atoms with Gasteiger partial charge in [-0.2, -0.15) is 5.26 Å². The number of anilines is 2. The zero-order valence-electron chi connectivity index (χ0n) is 28.3. The van der Waals surface area contributed by atoms with E-state index in [2.05, 4.69) is 31.2 Å². The summed E-state index contributed by atoms with van der Waals surface area (Å²) in [6.45, 7) is 5.82. The zero-order valence-corrected chi connectivity index (χ0v) is 29.1. The molecule has 6 rings (SSSR count). The normalized spacial score (nSPS) is 16.8. The third-order valence-corrected chi connectivity index (χ3v) is 8.25. The van der Waals surface area contributed by atoms with Gasteiger partial charge in [0.15, 0.2) is 0 Å². The van der Waals surface area contributed by atoms with E-state index < -0.39 is 23.5 Å². The standard InChI is InChI=1S/C18H19ClN4O3.C18H17FN4O3/c1-10-6-12(8-15(22-10)17(20)24)18(25)23-14-3-2-11(7-13(14)19)16-9-21-4-5-26-16;1-25-17-8-12(6-13(9-20)22-17)18(24)23-15-3-2-11(7-14(15)19)16-10-21-4-5-26-16/h2-3,6-8,16,21H,4-5,9H2,1H3,(H2,20,24)(H,23,25);2-3,6-8,16,21H,4-5,10H2,1H3,(H,23,24)/t2*16-/m11/s1. The first-order valence-corrected chi connectivity index (χ1v) is 16.5. The van der Waals surface area contributed by atoms with Gasteiger partial charge in [0, 0.05) is 49.1 Å². The number of ether oxygens (including phenoxy) is 3. The number of methoxy groups -OCH3 is 1. The summed E-state index contributed by atoms with van der Waals surface area (Å²) < 4.78 is 30.7. The molecule has 4 heterocycles. The van der Waals surface area contributed by atoms with Crippen LogP contribution in [0.5, 0.6) is 5.88 Å². The van der Waals surface area contributed by atoms with E-state index in [9.17, 15) is 18.8 Å². The lowest BCUT2D eigenvalue weighted by molar-refractivity contribution is 0.0275. The number of amides is 3. The van der Waals surface area contributed by atoms with Crippen LogP contribution in [0.25, 0.3) is 0 Å². The van der Waals surface area contributed by atoms with Crippen LogP contribution in [0.1, 0.15) is 65.9 Å². The molecule has 0 unspecified atom stereocenters. The van der Waals surface area contributed by atoms with Gasteiger partial charge in [-0.25, -0.2) is 14.4 Å². The number of nitriles is 1. The van der Waals surface area contributed by atoms with Crippen molar-refractivity contribution in [3.63, 3.8) is 0 Å². The first kappa shape index (κ1) is 37.7. The minimum atomic E-state index is -0.689. The molecular weight excluding hydrogens is 695 g/mol. The van der Waals surface area contributed by atoms with Crippen molar-refractivity contribution in [1.29, 1.82) is 5.26 Å². The first-order valence-electron chi connectivity index (χ1n) is 16.2. The van der Waals surface area contributed by atoms with Crippen LogP contribution in [-0.2, 0) is 9.47 Å². The van der Waals surface area contributed by atoms with E-state index in [1.54, 1.807) is 31.2 Å². The van der Waals surface area contributed by atoms with Crippen LogP contribution in [0.4, 0.5) is 15.8 Å². The summed E-state index contributed by atoms with van der Waals surface area (Å²) in [4.78, 5) is 44.1. The van der Waals surface area contributed by atoms with Crippen molar-refractivity contribution >= 4 is 40.7 Å². The molecule has 2 atom stereocenters. The molecule has 2 aliphatic heterocycles. The molecule has 4 aromatic rings. The number of benzene rings is 2. The number of nitrogens with one attached hydrogen (secondary N) is 4. The molecule has 3 amide bonds. The Morgan fingerprint density at radius 3 is 2.04 bits per heavy atom. The molecule has 2 aromatic carbocycles. The van der Waals surface area contributed by atoms with E-state index in [-0.39, 0.29) is 46.3 Å². The van der Waals surface area contributed by atoms with E-state index >= 15 is 0 Å². The topological polar surface area (TPSA) is 203 Å². The summed E-state index contributed by atoms with van der Waals surface area (Å²) in [6, 6.07) is 17.4. The van der Waals surface area contributed by atoms with Gasteiger partial charge >= 0.3 is 0 Å². The summed E-state index contributed by atoms with van der Waals surface area (Å²) in [6.07, 6.45) is -0.280. The minimum Gasteiger partial charge on any atom is -0.481 e. The van der Waals surface area contributed by atoms with E-state index in [0.717, 1.165) is 18.7 Å². The number of morpholine rings is 2. The Labute approximate surface area is 303 Å². The molecule has 0 saturated carbocycles. The Morgan fingerprint density at radius 2 is 1.50 bits per heavy atom. The predicted molar refractivity (Wildman–Crippen MR) is 190 cm³/mol. The molecule has 0 aliphatic carbocycles. The van der Waals surface area contributed by atoms with Crippen LogP contribution in [0.15, 0.2) is 60.7 Å². The Kier molecular flexibility index (Phi) is 12.8. The number of aryl methyl sites for hydroxylation is 1. The predicted octanol–water partition coefficient (Wildman–Crippen LogP) is 4.07. The lowest BCUT2D eigenvalue weighted by Crippen LogP contribution is -2.33. The zero-order chi connectivity index (χ0) is 37.2. The lowest BCUT2D eigenvalue weighted by Gasteiger charge is -2.24. The molecular formula is C36H36ClFN8O6. The number of primary amides is 1. The highest BCUT2D eigenvalue weighted by atomic mass is 35.5. The van der Waals surface area contributed by atoms with E-state index in [0.29, 0.717) is 48.3 Å². The number of rotatable bonds is 8. The molecule has 2 aromatic heterocycles. The number of carbonyl (C=O) groups excluding carboxylic acids is 3. The fraction of sp³-hybridized carbons (Fsp3) is 0.278. The summed E-state index contributed by atoms with van der Waals surface area (Å²) in [5.74, 6) is -2.09. The van der Waals surface area contributed by atoms with Gasteiger partial charge in [-0.1, -0.05) is 23.7 Å². The number of nitrogens with two attached hydrogens (primary N) is 1. The molecule has 2 saturated heterocycles. The van der Waals surface area contributed by atoms with Crippen molar-refractivity contribution in [1.82, 2.24) is 20.6 Å². The van der Waals surface area contributed by atoms with Gasteiger partial charge in [0.2, 0.25) is 5.88 Å². The second-order valence-corrected chi connectivity index (χ2v) is 12.1. The summed E-state index contributed by atoms with van der Waals surface area (Å²) >= 11 is 6.32. The molecule has 16 heteroatoms. The number of hydrogen-bond acceptors (Lipinski definition) is 11. The third-order valence-electron chi connectivity index (χ3n) is 7.94. The Morgan fingerprint density at radius 1 is 0.904 bits per heavy atom. The molecule has 6 N–H and O–H groups in total. The van der Waals surface area contributed by atoms with Crippen LogP contribution in [0, 0.1) is 24.1 Å². The van der Waals surface area contributed by atoms with Crippen molar-refractivity contribution in [2.75, 3.05) is 57.1 Å². The number of hydrogen-bond donors (Lipinski definition) is 5. The van der Waals surface area contributed by atoms with Gasteiger partial charge in [-0.05, 0) is 60.5 Å². The number of pyridine rings is 2. The van der Waals surface area contributed by atoms with Crippen molar-refractivity contribution in [3.05, 3.63) is 111 Å². The number of carbonyl (C=O) groups is 3. The van der Waals surface area contributed by atoms with Gasteiger partial charge in [0.05, 0.1) is 48.9 Å². The Bertz CT molecular complexity index is 2000. The SMILES string of the molecule is COc1cc(C(=O)Nc2ccc([C@H]3CNCCO3)cc2F)cc(C#N)n1.Cc1cc(C(=O)Nc2ccc([C@H]3CNCCO3)cc2Cl)cc(C(N)=O)n1. The maximum atomic E-state index is 14.4. The Balaban J connectivity index is 0.000000201. The Hall–Kier alpha value is -5.50. The molecule has 52 heavy (non-hydrogen) atoms. The highest BCUT2D eigenvalue weighted by Gasteiger charge is 2.20. The quantitative estimate of drug-likeness (QED) is 0.175. The molecule has 0 bridgehead atoms. The van der Waals surface area contributed by atoms with Crippen LogP contribution < -0.4 is 31.7 Å². The maximum Gasteiger partial charge on any atom is 0.267 e. The second-order valence-electron chi connectivity index (χ2n) is 11.7. The van der Waals surface area contributed by atoms with Crippen LogP contribution in [0.3, 0.4) is 0 Å². The number of aromatic nitrogens is 2. The minimum absolute atomic E-state index is 0.0345. The first-order chi connectivity index (χ1) is 25.0. The second kappa shape index (κ2) is 17.6. The van der Waals surface area contributed by atoms with E-state index in [4.69, 9.17) is 36.8 Å². The average molecular weight is 731 g/mol. The summed E-state index contributed by atoms with van der Waals surface area (Å²) in [7, 11) is 1.38. The average Bonchev–Trinajstić information content (AvgIpc) is 3.16. The molecule has 2 aliphatic rings. The maximum absolute atomic E-state index is 14.4. The van der Waals surface area contributed by atoms with Crippen LogP contribution in [0.2, 0.25) is 5.02 Å². The summed E-state index contributed by atoms with van der Waals surface area (Å²) in [5.41, 5.74) is 8.43. The smallest absolute Gasteiger partial charge is 0.267 e. The van der Waals surface area contributed by atoms with E-state index in [1.165, 1.54) is 37.4 Å². The molecule has 14 nitrogen and oxygen atoms in total. The van der Waals surface area contributed by atoms with Crippen molar-refractivity contribution in [3.8, 4) is 11.9 Å². The summed E-state index contributed by atoms with van der Waals surface area (Å²) in [5, 5.41) is 21.1. The highest BCUT2D eigenvalue weighted by molar-refractivity contribution is 6.34. The fourth-order valence-corrected chi connectivity index (χ4v) is 5.57. The van der Waals surface area contributed by atoms with Gasteiger partial charge in [0.1, 0.15) is 23.3 Å². The van der Waals surface area contributed by atoms with Crippen LogP contribution in [-0.4, -0.2) is 74.2 Å². The molecule has 0 spiro atoms. The van der Waals surface area contributed by atoms with Crippen molar-refractivity contribution < 1.29 is 33.0 Å². The van der Waals surface area contributed by atoms with Gasteiger partial charge in [0.25, 0.3) is 17.7 Å². The van der Waals surface area contributed by atoms with Gasteiger partial charge in [-0.15, -0.1) is 0 Å². The van der Waals surface area contributed by atoms with Crippen LogP contribution >= 0.6 is 11.6 Å². The lowest BCUT2D eigenvalue weighted by atomic mass is 10.1. The molecule has 270 valence electrons. The number of halogens is 2. The highest BCUT2D eigenvalue weighted by Crippen LogP contribution is 2.29. The largest absolute Gasteiger partial charge is 0.481 e. The van der Waals surface area contributed by atoms with Gasteiger partial charge < -0.3 is 41.2 Å². The fourth-order valence-electron chi connectivity index (χ4n) is 5.34.